The highest BCUT2D eigenvalue weighted by molar-refractivity contribution is 5.87. The van der Waals surface area contributed by atoms with E-state index in [1.54, 1.807) is 11.8 Å². The fraction of sp³-hybridized carbons (Fsp3) is 0.467. The molecule has 0 aromatic heterocycles. The summed E-state index contributed by atoms with van der Waals surface area (Å²) < 4.78 is 0. The molecular weight excluding hydrogens is 256 g/mol. The van der Waals surface area contributed by atoms with Gasteiger partial charge in [0.2, 0.25) is 5.91 Å². The summed E-state index contributed by atoms with van der Waals surface area (Å²) in [7, 11) is 0. The van der Waals surface area contributed by atoms with Crippen LogP contribution in [0.4, 0.5) is 0 Å². The molecule has 0 spiro atoms. The minimum Gasteiger partial charge on any atom is -0.481 e. The number of amides is 1. The van der Waals surface area contributed by atoms with Gasteiger partial charge < -0.3 is 15.7 Å². The Labute approximate surface area is 118 Å². The summed E-state index contributed by atoms with van der Waals surface area (Å²) in [6.45, 7) is 2.49. The zero-order valence-corrected chi connectivity index (χ0v) is 11.6. The second kappa shape index (κ2) is 5.63. The van der Waals surface area contributed by atoms with Crippen LogP contribution in [0.5, 0.6) is 0 Å². The van der Waals surface area contributed by atoms with Gasteiger partial charge in [0.25, 0.3) is 0 Å². The van der Waals surface area contributed by atoms with Gasteiger partial charge in [0, 0.05) is 13.1 Å². The molecule has 1 aromatic carbocycles. The molecule has 108 valence electrons. The molecule has 5 nitrogen and oxygen atoms in total. The van der Waals surface area contributed by atoms with Crippen LogP contribution in [-0.2, 0) is 15.1 Å². The number of rotatable bonds is 3. The van der Waals surface area contributed by atoms with E-state index < -0.39 is 17.4 Å². The van der Waals surface area contributed by atoms with E-state index in [1.165, 1.54) is 0 Å². The van der Waals surface area contributed by atoms with Crippen molar-refractivity contribution in [3.63, 3.8) is 0 Å². The number of likely N-dealkylation sites (tertiary alicyclic amines) is 1. The Kier molecular flexibility index (Phi) is 4.09. The van der Waals surface area contributed by atoms with Crippen LogP contribution >= 0.6 is 0 Å². The van der Waals surface area contributed by atoms with E-state index >= 15 is 0 Å². The zero-order valence-electron chi connectivity index (χ0n) is 11.6. The van der Waals surface area contributed by atoms with Crippen LogP contribution in [0.1, 0.15) is 25.3 Å². The fourth-order valence-electron chi connectivity index (χ4n) is 2.60. The molecule has 0 radical (unpaired) electrons. The summed E-state index contributed by atoms with van der Waals surface area (Å²) in [5, 5.41) is 9.09. The summed E-state index contributed by atoms with van der Waals surface area (Å²) in [5.74, 6) is -1.55. The first kappa shape index (κ1) is 14.5. The van der Waals surface area contributed by atoms with E-state index in [0.29, 0.717) is 19.4 Å². The van der Waals surface area contributed by atoms with Crippen molar-refractivity contribution in [3.05, 3.63) is 35.9 Å². The smallest absolute Gasteiger partial charge is 0.308 e. The first-order valence-electron chi connectivity index (χ1n) is 6.79. The third-order valence-corrected chi connectivity index (χ3v) is 3.88. The van der Waals surface area contributed by atoms with Crippen molar-refractivity contribution in [2.45, 2.75) is 25.3 Å². The number of aliphatic carboxylic acids is 1. The Balaban J connectivity index is 2.16. The van der Waals surface area contributed by atoms with Crippen LogP contribution in [-0.4, -0.2) is 35.0 Å². The number of hydrogen-bond donors (Lipinski definition) is 2. The standard InChI is InChI=1S/C15H20N2O3/c1-15(16,12-7-3-2-4-8-12)14(20)17-9-5-6-11(10-17)13(18)19/h2-4,7-8,11H,5-6,9-10,16H2,1H3,(H,18,19)/t11-,15?/m0/s1. The highest BCUT2D eigenvalue weighted by Crippen LogP contribution is 2.24. The quantitative estimate of drug-likeness (QED) is 0.868. The van der Waals surface area contributed by atoms with Crippen LogP contribution in [0.3, 0.4) is 0 Å². The highest BCUT2D eigenvalue weighted by atomic mass is 16.4. The second-order valence-electron chi connectivity index (χ2n) is 5.50. The SMILES string of the molecule is CC(N)(C(=O)N1CCC[C@H](C(=O)O)C1)c1ccccc1. The summed E-state index contributed by atoms with van der Waals surface area (Å²) in [4.78, 5) is 25.2. The number of carboxylic acid groups (broad SMARTS) is 1. The number of carbonyl (C=O) groups is 2. The number of benzene rings is 1. The largest absolute Gasteiger partial charge is 0.481 e. The summed E-state index contributed by atoms with van der Waals surface area (Å²) in [5.41, 5.74) is 5.81. The first-order valence-corrected chi connectivity index (χ1v) is 6.79. The molecule has 1 amide bonds. The lowest BCUT2D eigenvalue weighted by Gasteiger charge is -2.36. The van der Waals surface area contributed by atoms with Crippen LogP contribution in [0.15, 0.2) is 30.3 Å². The number of hydrogen-bond acceptors (Lipinski definition) is 3. The molecule has 1 saturated heterocycles. The average molecular weight is 276 g/mol. The van der Waals surface area contributed by atoms with Crippen molar-refractivity contribution >= 4 is 11.9 Å². The van der Waals surface area contributed by atoms with Gasteiger partial charge in [-0.1, -0.05) is 30.3 Å². The predicted molar refractivity (Wildman–Crippen MR) is 74.9 cm³/mol. The zero-order chi connectivity index (χ0) is 14.8. The Hall–Kier alpha value is -1.88. The Morgan fingerprint density at radius 2 is 2.00 bits per heavy atom. The molecule has 1 fully saturated rings. The van der Waals surface area contributed by atoms with Gasteiger partial charge >= 0.3 is 5.97 Å². The molecule has 0 bridgehead atoms. The van der Waals surface area contributed by atoms with E-state index in [4.69, 9.17) is 10.8 Å². The minimum atomic E-state index is -1.12. The maximum atomic E-state index is 12.6. The number of carboxylic acids is 1. The van der Waals surface area contributed by atoms with Crippen molar-refractivity contribution in [3.8, 4) is 0 Å². The lowest BCUT2D eigenvalue weighted by molar-refractivity contribution is -0.147. The van der Waals surface area contributed by atoms with Crippen LogP contribution in [0.2, 0.25) is 0 Å². The molecule has 1 aliphatic heterocycles. The number of carbonyl (C=O) groups excluding carboxylic acids is 1. The molecule has 3 N–H and O–H groups in total. The van der Waals surface area contributed by atoms with Crippen molar-refractivity contribution in [2.24, 2.45) is 11.7 Å². The number of nitrogens with two attached hydrogens (primary N) is 1. The summed E-state index contributed by atoms with van der Waals surface area (Å²) >= 11 is 0. The van der Waals surface area contributed by atoms with E-state index in [1.807, 2.05) is 30.3 Å². The third-order valence-electron chi connectivity index (χ3n) is 3.88. The van der Waals surface area contributed by atoms with Gasteiger partial charge in [0.1, 0.15) is 5.54 Å². The molecule has 2 atom stereocenters. The minimum absolute atomic E-state index is 0.213. The van der Waals surface area contributed by atoms with Crippen molar-refractivity contribution < 1.29 is 14.7 Å². The molecule has 0 saturated carbocycles. The lowest BCUT2D eigenvalue weighted by Crippen LogP contribution is -2.54. The molecule has 1 aliphatic rings. The van der Waals surface area contributed by atoms with Gasteiger partial charge in [-0.05, 0) is 25.3 Å². The van der Waals surface area contributed by atoms with Crippen LogP contribution in [0.25, 0.3) is 0 Å². The molecule has 20 heavy (non-hydrogen) atoms. The molecule has 1 unspecified atom stereocenters. The van der Waals surface area contributed by atoms with Gasteiger partial charge in [-0.15, -0.1) is 0 Å². The highest BCUT2D eigenvalue weighted by Gasteiger charge is 2.37. The average Bonchev–Trinajstić information content (AvgIpc) is 2.47. The monoisotopic (exact) mass is 276 g/mol. The maximum Gasteiger partial charge on any atom is 0.308 e. The Morgan fingerprint density at radius 1 is 1.35 bits per heavy atom. The molecule has 5 heteroatoms. The Bertz CT molecular complexity index is 499. The normalized spacial score (nSPS) is 22.1. The van der Waals surface area contributed by atoms with E-state index in [-0.39, 0.29) is 12.5 Å². The van der Waals surface area contributed by atoms with Gasteiger partial charge in [-0.25, -0.2) is 0 Å². The third kappa shape index (κ3) is 2.82. The molecule has 1 heterocycles. The predicted octanol–water partition coefficient (Wildman–Crippen LogP) is 1.18. The van der Waals surface area contributed by atoms with Crippen molar-refractivity contribution in [1.29, 1.82) is 0 Å². The summed E-state index contributed by atoms with van der Waals surface area (Å²) in [6.07, 6.45) is 1.32. The number of nitrogens with zero attached hydrogens (tertiary/aromatic N) is 1. The first-order chi connectivity index (χ1) is 9.43. The summed E-state index contributed by atoms with van der Waals surface area (Å²) in [6, 6.07) is 9.17. The van der Waals surface area contributed by atoms with Crippen molar-refractivity contribution in [2.75, 3.05) is 13.1 Å². The second-order valence-corrected chi connectivity index (χ2v) is 5.50. The fourth-order valence-corrected chi connectivity index (χ4v) is 2.60. The Morgan fingerprint density at radius 3 is 2.60 bits per heavy atom. The van der Waals surface area contributed by atoms with E-state index in [9.17, 15) is 9.59 Å². The van der Waals surface area contributed by atoms with Gasteiger partial charge in [-0.3, -0.25) is 9.59 Å². The molecule has 1 aromatic rings. The van der Waals surface area contributed by atoms with Crippen molar-refractivity contribution in [1.82, 2.24) is 4.90 Å². The number of piperidine rings is 1. The lowest BCUT2D eigenvalue weighted by atomic mass is 9.89. The van der Waals surface area contributed by atoms with Gasteiger partial charge in [0.05, 0.1) is 5.92 Å². The van der Waals surface area contributed by atoms with Gasteiger partial charge in [-0.2, -0.15) is 0 Å². The molecular formula is C15H20N2O3. The van der Waals surface area contributed by atoms with E-state index in [2.05, 4.69) is 0 Å². The topological polar surface area (TPSA) is 83.6 Å². The van der Waals surface area contributed by atoms with Crippen LogP contribution < -0.4 is 5.73 Å². The maximum absolute atomic E-state index is 12.6. The van der Waals surface area contributed by atoms with E-state index in [0.717, 1.165) is 5.56 Å². The van der Waals surface area contributed by atoms with Gasteiger partial charge in [0.15, 0.2) is 0 Å². The van der Waals surface area contributed by atoms with Crippen LogP contribution in [0, 0.1) is 5.92 Å². The molecule has 2 rings (SSSR count). The molecule has 0 aliphatic carbocycles.